The number of nitrogens with zero attached hydrogens (tertiary/aromatic N) is 3. The van der Waals surface area contributed by atoms with E-state index in [4.69, 9.17) is 0 Å². The summed E-state index contributed by atoms with van der Waals surface area (Å²) in [5.41, 5.74) is 6.81. The summed E-state index contributed by atoms with van der Waals surface area (Å²) in [6.07, 6.45) is 3.88. The largest absolute Gasteiger partial charge is 0.369 e. The molecule has 0 aliphatic carbocycles. The highest BCUT2D eigenvalue weighted by Crippen LogP contribution is 2.23. The standard InChI is InChI=1S/C19H25N3/c1-15-4-5-17(3)19(12-15)22-10-8-21(9-11-22)14-18-13-20-7-6-16(18)2/h4-7,12-13H,8-11,14H2,1-3H3. The fourth-order valence-electron chi connectivity index (χ4n) is 3.11. The van der Waals surface area contributed by atoms with Gasteiger partial charge >= 0.3 is 0 Å². The summed E-state index contributed by atoms with van der Waals surface area (Å²) in [5.74, 6) is 0. The minimum Gasteiger partial charge on any atom is -0.369 e. The molecule has 0 saturated carbocycles. The van der Waals surface area contributed by atoms with Crippen LogP contribution in [-0.2, 0) is 6.54 Å². The summed E-state index contributed by atoms with van der Waals surface area (Å²) < 4.78 is 0. The minimum absolute atomic E-state index is 1.01. The summed E-state index contributed by atoms with van der Waals surface area (Å²) in [7, 11) is 0. The molecule has 1 aliphatic heterocycles. The predicted molar refractivity (Wildman–Crippen MR) is 92.4 cm³/mol. The van der Waals surface area contributed by atoms with Crippen molar-refractivity contribution >= 4 is 5.69 Å². The van der Waals surface area contributed by atoms with E-state index in [9.17, 15) is 0 Å². The number of rotatable bonds is 3. The van der Waals surface area contributed by atoms with Gasteiger partial charge < -0.3 is 4.90 Å². The molecule has 2 aromatic rings. The van der Waals surface area contributed by atoms with Crippen molar-refractivity contribution in [3.05, 3.63) is 58.9 Å². The van der Waals surface area contributed by atoms with Gasteiger partial charge in [-0.25, -0.2) is 0 Å². The molecule has 3 nitrogen and oxygen atoms in total. The molecule has 0 spiro atoms. The fourth-order valence-corrected chi connectivity index (χ4v) is 3.11. The van der Waals surface area contributed by atoms with Gasteiger partial charge in [-0.2, -0.15) is 0 Å². The molecule has 1 aliphatic rings. The van der Waals surface area contributed by atoms with Crippen LogP contribution >= 0.6 is 0 Å². The van der Waals surface area contributed by atoms with E-state index in [0.29, 0.717) is 0 Å². The van der Waals surface area contributed by atoms with Gasteiger partial charge in [-0.15, -0.1) is 0 Å². The second-order valence-corrected chi connectivity index (χ2v) is 6.36. The lowest BCUT2D eigenvalue weighted by Gasteiger charge is -2.37. The van der Waals surface area contributed by atoms with E-state index >= 15 is 0 Å². The van der Waals surface area contributed by atoms with Crippen LogP contribution in [0.2, 0.25) is 0 Å². The molecule has 1 aromatic carbocycles. The van der Waals surface area contributed by atoms with Gasteiger partial charge in [0.15, 0.2) is 0 Å². The minimum atomic E-state index is 1.01. The van der Waals surface area contributed by atoms with Crippen molar-refractivity contribution in [1.82, 2.24) is 9.88 Å². The van der Waals surface area contributed by atoms with Crippen molar-refractivity contribution in [2.75, 3.05) is 31.1 Å². The van der Waals surface area contributed by atoms with Crippen molar-refractivity contribution in [3.63, 3.8) is 0 Å². The average molecular weight is 295 g/mol. The van der Waals surface area contributed by atoms with Crippen molar-refractivity contribution < 1.29 is 0 Å². The predicted octanol–water partition coefficient (Wildman–Crippen LogP) is 3.33. The molecule has 3 heteroatoms. The Kier molecular flexibility index (Phi) is 4.44. The van der Waals surface area contributed by atoms with Crippen LogP contribution in [0.3, 0.4) is 0 Å². The quantitative estimate of drug-likeness (QED) is 0.866. The number of hydrogen-bond donors (Lipinski definition) is 0. The highest BCUT2D eigenvalue weighted by molar-refractivity contribution is 5.55. The Morgan fingerprint density at radius 1 is 0.955 bits per heavy atom. The van der Waals surface area contributed by atoms with E-state index < -0.39 is 0 Å². The molecule has 2 heterocycles. The lowest BCUT2D eigenvalue weighted by atomic mass is 10.1. The van der Waals surface area contributed by atoms with Crippen LogP contribution in [0, 0.1) is 20.8 Å². The number of benzene rings is 1. The molecule has 1 saturated heterocycles. The van der Waals surface area contributed by atoms with Gasteiger partial charge in [-0.05, 0) is 55.2 Å². The van der Waals surface area contributed by atoms with Crippen LogP contribution in [-0.4, -0.2) is 36.1 Å². The monoisotopic (exact) mass is 295 g/mol. The SMILES string of the molecule is Cc1ccc(C)c(N2CCN(Cc3cnccc3C)CC2)c1. The Hall–Kier alpha value is -1.87. The molecule has 0 atom stereocenters. The van der Waals surface area contributed by atoms with Gasteiger partial charge in [0.2, 0.25) is 0 Å². The van der Waals surface area contributed by atoms with E-state index in [1.54, 1.807) is 0 Å². The van der Waals surface area contributed by atoms with Gasteiger partial charge in [0, 0.05) is 50.8 Å². The van der Waals surface area contributed by atoms with E-state index in [0.717, 1.165) is 32.7 Å². The summed E-state index contributed by atoms with van der Waals surface area (Å²) in [4.78, 5) is 9.31. The molecular formula is C19H25N3. The number of hydrogen-bond acceptors (Lipinski definition) is 3. The maximum atomic E-state index is 4.26. The Labute approximate surface area is 133 Å². The molecule has 22 heavy (non-hydrogen) atoms. The van der Waals surface area contributed by atoms with E-state index in [1.807, 2.05) is 12.4 Å². The van der Waals surface area contributed by atoms with Crippen LogP contribution in [0.15, 0.2) is 36.7 Å². The third kappa shape index (κ3) is 3.30. The Balaban J connectivity index is 1.63. The topological polar surface area (TPSA) is 19.4 Å². The highest BCUT2D eigenvalue weighted by Gasteiger charge is 2.19. The molecule has 3 rings (SSSR count). The number of pyridine rings is 1. The third-order valence-electron chi connectivity index (χ3n) is 4.62. The average Bonchev–Trinajstić information content (AvgIpc) is 2.53. The Bertz CT molecular complexity index is 643. The molecule has 1 fully saturated rings. The normalized spacial score (nSPS) is 16.0. The van der Waals surface area contributed by atoms with Gasteiger partial charge in [0.05, 0.1) is 0 Å². The molecular weight excluding hydrogens is 270 g/mol. The van der Waals surface area contributed by atoms with Gasteiger partial charge in [0.25, 0.3) is 0 Å². The molecule has 0 N–H and O–H groups in total. The second kappa shape index (κ2) is 6.49. The molecule has 0 radical (unpaired) electrons. The number of anilines is 1. The molecule has 1 aromatic heterocycles. The zero-order chi connectivity index (χ0) is 15.5. The lowest BCUT2D eigenvalue weighted by Crippen LogP contribution is -2.46. The van der Waals surface area contributed by atoms with E-state index in [2.05, 4.69) is 59.8 Å². The summed E-state index contributed by atoms with van der Waals surface area (Å²) >= 11 is 0. The van der Waals surface area contributed by atoms with Crippen molar-refractivity contribution in [2.24, 2.45) is 0 Å². The third-order valence-corrected chi connectivity index (χ3v) is 4.62. The molecule has 0 bridgehead atoms. The molecule has 116 valence electrons. The van der Waals surface area contributed by atoms with Crippen molar-refractivity contribution in [1.29, 1.82) is 0 Å². The highest BCUT2D eigenvalue weighted by atomic mass is 15.3. The Morgan fingerprint density at radius 2 is 1.73 bits per heavy atom. The first-order chi connectivity index (χ1) is 10.6. The van der Waals surface area contributed by atoms with Crippen LogP contribution in [0.25, 0.3) is 0 Å². The first-order valence-corrected chi connectivity index (χ1v) is 8.07. The van der Waals surface area contributed by atoms with Gasteiger partial charge in [-0.1, -0.05) is 12.1 Å². The zero-order valence-electron chi connectivity index (χ0n) is 13.8. The first-order valence-electron chi connectivity index (χ1n) is 8.07. The maximum Gasteiger partial charge on any atom is 0.0399 e. The number of piperazine rings is 1. The second-order valence-electron chi connectivity index (χ2n) is 6.36. The molecule has 0 amide bonds. The van der Waals surface area contributed by atoms with Crippen LogP contribution in [0.4, 0.5) is 5.69 Å². The summed E-state index contributed by atoms with van der Waals surface area (Å²) in [5, 5.41) is 0. The molecule has 0 unspecified atom stereocenters. The first kappa shape index (κ1) is 15.0. The summed E-state index contributed by atoms with van der Waals surface area (Å²) in [6, 6.07) is 8.84. The van der Waals surface area contributed by atoms with Gasteiger partial charge in [0.1, 0.15) is 0 Å². The van der Waals surface area contributed by atoms with Crippen molar-refractivity contribution in [3.8, 4) is 0 Å². The number of aromatic nitrogens is 1. The maximum absolute atomic E-state index is 4.26. The van der Waals surface area contributed by atoms with Crippen LogP contribution < -0.4 is 4.90 Å². The van der Waals surface area contributed by atoms with Crippen LogP contribution in [0.1, 0.15) is 22.3 Å². The smallest absolute Gasteiger partial charge is 0.0399 e. The zero-order valence-corrected chi connectivity index (χ0v) is 13.8. The fraction of sp³-hybridized carbons (Fsp3) is 0.421. The Morgan fingerprint density at radius 3 is 2.45 bits per heavy atom. The summed E-state index contributed by atoms with van der Waals surface area (Å²) in [6.45, 7) is 12.0. The van der Waals surface area contributed by atoms with E-state index in [-0.39, 0.29) is 0 Å². The lowest BCUT2D eigenvalue weighted by molar-refractivity contribution is 0.249. The number of aryl methyl sites for hydroxylation is 3. The van der Waals surface area contributed by atoms with E-state index in [1.165, 1.54) is 27.9 Å². The van der Waals surface area contributed by atoms with Gasteiger partial charge in [-0.3, -0.25) is 9.88 Å². The van der Waals surface area contributed by atoms with Crippen LogP contribution in [0.5, 0.6) is 0 Å². The van der Waals surface area contributed by atoms with Crippen molar-refractivity contribution in [2.45, 2.75) is 27.3 Å².